The van der Waals surface area contributed by atoms with Gasteiger partial charge in [-0.3, -0.25) is 0 Å². The first kappa shape index (κ1) is 7.79. The third kappa shape index (κ3) is 1.51. The number of anilines is 1. The number of hydrogen-bond acceptors (Lipinski definition) is 3. The summed E-state index contributed by atoms with van der Waals surface area (Å²) in [5.41, 5.74) is 1.99. The van der Waals surface area contributed by atoms with E-state index in [1.165, 1.54) is 0 Å². The minimum absolute atomic E-state index is 0.848. The van der Waals surface area contributed by atoms with Gasteiger partial charge in [0, 0.05) is 25.0 Å². The Hall–Kier alpha value is -1.84. The van der Waals surface area contributed by atoms with Crippen molar-refractivity contribution in [2.24, 2.45) is 0 Å². The Bertz CT molecular complexity index is 380. The van der Waals surface area contributed by atoms with Crippen molar-refractivity contribution >= 4 is 5.82 Å². The highest BCUT2D eigenvalue weighted by Gasteiger charge is 1.99. The smallest absolute Gasteiger partial charge is 0.126 e. The second kappa shape index (κ2) is 3.26. The Labute approximate surface area is 76.1 Å². The van der Waals surface area contributed by atoms with Gasteiger partial charge >= 0.3 is 0 Å². The first-order valence-corrected chi connectivity index (χ1v) is 4.03. The normalized spacial score (nSPS) is 9.92. The highest BCUT2D eigenvalue weighted by Crippen LogP contribution is 2.17. The maximum atomic E-state index is 4.15. The predicted molar refractivity (Wildman–Crippen MR) is 51.4 cm³/mol. The molecule has 0 radical (unpaired) electrons. The lowest BCUT2D eigenvalue weighted by Crippen LogP contribution is -1.91. The van der Waals surface area contributed by atoms with Gasteiger partial charge in [0.05, 0.1) is 12.0 Å². The summed E-state index contributed by atoms with van der Waals surface area (Å²) in [5, 5.41) is 2.98. The van der Waals surface area contributed by atoms with Crippen molar-refractivity contribution in [1.29, 1.82) is 0 Å². The van der Waals surface area contributed by atoms with Crippen molar-refractivity contribution in [2.75, 3.05) is 12.4 Å². The van der Waals surface area contributed by atoms with E-state index in [0.717, 1.165) is 17.1 Å². The van der Waals surface area contributed by atoms with E-state index in [-0.39, 0.29) is 0 Å². The van der Waals surface area contributed by atoms with Crippen LogP contribution in [0.5, 0.6) is 0 Å². The largest absolute Gasteiger partial charge is 0.373 e. The molecule has 2 N–H and O–H groups in total. The molecule has 2 aromatic rings. The molecule has 0 saturated carbocycles. The zero-order valence-corrected chi connectivity index (χ0v) is 7.28. The maximum absolute atomic E-state index is 4.15. The van der Waals surface area contributed by atoms with Crippen LogP contribution in [-0.4, -0.2) is 22.0 Å². The van der Waals surface area contributed by atoms with Crippen molar-refractivity contribution < 1.29 is 0 Å². The molecule has 0 aliphatic heterocycles. The van der Waals surface area contributed by atoms with E-state index >= 15 is 0 Å². The highest BCUT2D eigenvalue weighted by atomic mass is 14.9. The Morgan fingerprint density at radius 3 is 3.00 bits per heavy atom. The summed E-state index contributed by atoms with van der Waals surface area (Å²) in [6, 6.07) is 3.88. The van der Waals surface area contributed by atoms with Gasteiger partial charge in [0.1, 0.15) is 5.82 Å². The fourth-order valence-corrected chi connectivity index (χ4v) is 1.14. The molecule has 0 aliphatic rings. The summed E-state index contributed by atoms with van der Waals surface area (Å²) < 4.78 is 0. The highest BCUT2D eigenvalue weighted by molar-refractivity contribution is 5.61. The molecule has 0 saturated heterocycles. The number of nitrogens with one attached hydrogen (secondary N) is 2. The van der Waals surface area contributed by atoms with Crippen molar-refractivity contribution in [3.05, 3.63) is 30.9 Å². The first-order valence-electron chi connectivity index (χ1n) is 4.03. The maximum Gasteiger partial charge on any atom is 0.126 e. The number of aromatic amines is 1. The molecule has 0 spiro atoms. The summed E-state index contributed by atoms with van der Waals surface area (Å²) in [5.74, 6) is 0.848. The lowest BCUT2D eigenvalue weighted by atomic mass is 10.2. The molecular weight excluding hydrogens is 164 g/mol. The van der Waals surface area contributed by atoms with Gasteiger partial charge in [-0.1, -0.05) is 0 Å². The number of rotatable bonds is 2. The standard InChI is InChI=1S/C9H10N4/c1-10-9-4-7(2-3-12-9)8-5-11-6-13-8/h2-6H,1H3,(H,10,12)(H,11,13). The van der Waals surface area contributed by atoms with Crippen LogP contribution in [0.1, 0.15) is 0 Å². The van der Waals surface area contributed by atoms with Crippen LogP contribution < -0.4 is 5.32 Å². The van der Waals surface area contributed by atoms with E-state index in [1.54, 1.807) is 12.5 Å². The fourth-order valence-electron chi connectivity index (χ4n) is 1.14. The molecule has 0 aromatic carbocycles. The molecule has 0 fully saturated rings. The molecule has 0 unspecified atom stereocenters. The summed E-state index contributed by atoms with van der Waals surface area (Å²) in [6.45, 7) is 0. The molecule has 13 heavy (non-hydrogen) atoms. The van der Waals surface area contributed by atoms with Gasteiger partial charge in [0.2, 0.25) is 0 Å². The van der Waals surface area contributed by atoms with Crippen molar-refractivity contribution in [3.8, 4) is 11.3 Å². The quantitative estimate of drug-likeness (QED) is 0.725. The number of nitrogens with zero attached hydrogens (tertiary/aromatic N) is 2. The Morgan fingerprint density at radius 1 is 1.38 bits per heavy atom. The Kier molecular flexibility index (Phi) is 1.96. The molecule has 0 atom stereocenters. The summed E-state index contributed by atoms with van der Waals surface area (Å²) >= 11 is 0. The lowest BCUT2D eigenvalue weighted by Gasteiger charge is -2.00. The van der Waals surface area contributed by atoms with Gasteiger partial charge < -0.3 is 10.3 Å². The van der Waals surface area contributed by atoms with E-state index in [9.17, 15) is 0 Å². The molecule has 2 rings (SSSR count). The topological polar surface area (TPSA) is 53.6 Å². The van der Waals surface area contributed by atoms with Crippen molar-refractivity contribution in [2.45, 2.75) is 0 Å². The number of imidazole rings is 1. The zero-order chi connectivity index (χ0) is 9.10. The Morgan fingerprint density at radius 2 is 2.31 bits per heavy atom. The number of hydrogen-bond donors (Lipinski definition) is 2. The molecule has 66 valence electrons. The van der Waals surface area contributed by atoms with E-state index in [2.05, 4.69) is 20.3 Å². The van der Waals surface area contributed by atoms with Crippen LogP contribution in [-0.2, 0) is 0 Å². The van der Waals surface area contributed by atoms with Gasteiger partial charge in [-0.2, -0.15) is 0 Å². The third-order valence-electron chi connectivity index (χ3n) is 1.81. The van der Waals surface area contributed by atoms with E-state index in [0.29, 0.717) is 0 Å². The molecule has 0 aliphatic carbocycles. The zero-order valence-electron chi connectivity index (χ0n) is 7.28. The van der Waals surface area contributed by atoms with E-state index < -0.39 is 0 Å². The average Bonchev–Trinajstić information content (AvgIpc) is 2.71. The second-order valence-corrected chi connectivity index (χ2v) is 2.63. The number of aromatic nitrogens is 3. The molecule has 0 amide bonds. The van der Waals surface area contributed by atoms with Crippen LogP contribution in [0.2, 0.25) is 0 Å². The molecule has 2 heterocycles. The van der Waals surface area contributed by atoms with Crippen LogP contribution in [0.25, 0.3) is 11.3 Å². The lowest BCUT2D eigenvalue weighted by molar-refractivity contribution is 1.28. The summed E-state index contributed by atoms with van der Waals surface area (Å²) in [6.07, 6.45) is 5.28. The predicted octanol–water partition coefficient (Wildman–Crippen LogP) is 1.51. The summed E-state index contributed by atoms with van der Waals surface area (Å²) in [4.78, 5) is 11.2. The van der Waals surface area contributed by atoms with Crippen LogP contribution in [0.15, 0.2) is 30.9 Å². The molecule has 4 heteroatoms. The van der Waals surface area contributed by atoms with E-state index in [4.69, 9.17) is 0 Å². The van der Waals surface area contributed by atoms with Crippen LogP contribution in [0.4, 0.5) is 5.82 Å². The monoisotopic (exact) mass is 174 g/mol. The SMILES string of the molecule is CNc1cc(-c2c[nH]cn2)ccn1. The molecule has 2 aromatic heterocycles. The van der Waals surface area contributed by atoms with Crippen LogP contribution >= 0.6 is 0 Å². The molecule has 4 nitrogen and oxygen atoms in total. The van der Waals surface area contributed by atoms with Crippen molar-refractivity contribution in [1.82, 2.24) is 15.0 Å². The second-order valence-electron chi connectivity index (χ2n) is 2.63. The minimum Gasteiger partial charge on any atom is -0.373 e. The molecular formula is C9H10N4. The van der Waals surface area contributed by atoms with Crippen LogP contribution in [0.3, 0.4) is 0 Å². The summed E-state index contributed by atoms with van der Waals surface area (Å²) in [7, 11) is 1.84. The minimum atomic E-state index is 0.848. The van der Waals surface area contributed by atoms with Gasteiger partial charge in [-0.05, 0) is 12.1 Å². The van der Waals surface area contributed by atoms with Crippen molar-refractivity contribution in [3.63, 3.8) is 0 Å². The first-order chi connectivity index (χ1) is 6.40. The number of pyridine rings is 1. The molecule has 0 bridgehead atoms. The average molecular weight is 174 g/mol. The fraction of sp³-hybridized carbons (Fsp3) is 0.111. The van der Waals surface area contributed by atoms with Crippen LogP contribution in [0, 0.1) is 0 Å². The van der Waals surface area contributed by atoms with Gasteiger partial charge in [0.25, 0.3) is 0 Å². The Balaban J connectivity index is 2.41. The third-order valence-corrected chi connectivity index (χ3v) is 1.81. The van der Waals surface area contributed by atoms with Gasteiger partial charge in [-0.15, -0.1) is 0 Å². The van der Waals surface area contributed by atoms with Gasteiger partial charge in [0.15, 0.2) is 0 Å². The number of H-pyrrole nitrogens is 1. The van der Waals surface area contributed by atoms with E-state index in [1.807, 2.05) is 25.4 Å². The van der Waals surface area contributed by atoms with Gasteiger partial charge in [-0.25, -0.2) is 9.97 Å².